The summed E-state index contributed by atoms with van der Waals surface area (Å²) in [5, 5.41) is 8.21. The van der Waals surface area contributed by atoms with Gasteiger partial charge in [-0.1, -0.05) is 76.5 Å². The molecular formula is C16H28O3S. The molecular weight excluding hydrogens is 272 g/mol. The molecule has 20 heavy (non-hydrogen) atoms. The predicted molar refractivity (Wildman–Crippen MR) is 86.1 cm³/mol. The highest BCUT2D eigenvalue weighted by Gasteiger charge is 1.99. The van der Waals surface area contributed by atoms with Gasteiger partial charge in [0, 0.05) is 11.8 Å². The summed E-state index contributed by atoms with van der Waals surface area (Å²) < 4.78 is 0. The number of carboxylic acids is 1. The standard InChI is InChI=1S/C16H28O3S/c1-2-3-4-5-6-7-8-9-10-11-14-20-16(19)13-12-15(17)18/h12-13H,2-11,14H2,1H3,(H,17,18). The zero-order valence-electron chi connectivity index (χ0n) is 12.6. The van der Waals surface area contributed by atoms with Crippen LogP contribution in [0, 0.1) is 0 Å². The van der Waals surface area contributed by atoms with Gasteiger partial charge >= 0.3 is 5.97 Å². The number of hydrogen-bond donors (Lipinski definition) is 1. The van der Waals surface area contributed by atoms with E-state index in [9.17, 15) is 9.59 Å². The molecule has 0 aromatic heterocycles. The van der Waals surface area contributed by atoms with E-state index in [0.717, 1.165) is 30.7 Å². The van der Waals surface area contributed by atoms with Crippen LogP contribution < -0.4 is 0 Å². The zero-order valence-corrected chi connectivity index (χ0v) is 13.4. The molecule has 0 rings (SSSR count). The molecule has 0 aliphatic carbocycles. The Morgan fingerprint density at radius 2 is 1.35 bits per heavy atom. The first-order valence-corrected chi connectivity index (χ1v) is 8.73. The Labute approximate surface area is 127 Å². The van der Waals surface area contributed by atoms with E-state index in [-0.39, 0.29) is 5.12 Å². The number of thioether (sulfide) groups is 1. The topological polar surface area (TPSA) is 54.4 Å². The minimum atomic E-state index is -1.07. The van der Waals surface area contributed by atoms with E-state index in [1.54, 1.807) is 0 Å². The van der Waals surface area contributed by atoms with Gasteiger partial charge in [-0.3, -0.25) is 4.79 Å². The first-order valence-electron chi connectivity index (χ1n) is 7.74. The van der Waals surface area contributed by atoms with Gasteiger partial charge in [-0.15, -0.1) is 0 Å². The summed E-state index contributed by atoms with van der Waals surface area (Å²) in [6, 6.07) is 0. The first kappa shape index (κ1) is 19.2. The maximum Gasteiger partial charge on any atom is 0.328 e. The van der Waals surface area contributed by atoms with Crippen molar-refractivity contribution in [1.82, 2.24) is 0 Å². The van der Waals surface area contributed by atoms with Crippen LogP contribution in [-0.4, -0.2) is 21.9 Å². The van der Waals surface area contributed by atoms with E-state index in [1.807, 2.05) is 0 Å². The van der Waals surface area contributed by atoms with Crippen molar-refractivity contribution in [3.63, 3.8) is 0 Å². The van der Waals surface area contributed by atoms with Gasteiger partial charge < -0.3 is 5.11 Å². The minimum absolute atomic E-state index is 0.164. The van der Waals surface area contributed by atoms with Gasteiger partial charge in [0.25, 0.3) is 0 Å². The quantitative estimate of drug-likeness (QED) is 0.392. The average molecular weight is 300 g/mol. The summed E-state index contributed by atoms with van der Waals surface area (Å²) in [6.07, 6.45) is 14.9. The van der Waals surface area contributed by atoms with Crippen molar-refractivity contribution in [1.29, 1.82) is 0 Å². The summed E-state index contributed by atoms with van der Waals surface area (Å²) >= 11 is 1.21. The third-order valence-electron chi connectivity index (χ3n) is 3.10. The Morgan fingerprint density at radius 3 is 1.85 bits per heavy atom. The van der Waals surface area contributed by atoms with Crippen LogP contribution in [0.25, 0.3) is 0 Å². The van der Waals surface area contributed by atoms with Crippen LogP contribution in [0.3, 0.4) is 0 Å². The Balaban J connectivity index is 3.20. The number of aliphatic carboxylic acids is 1. The van der Waals surface area contributed by atoms with Crippen LogP contribution in [0.1, 0.15) is 71.1 Å². The van der Waals surface area contributed by atoms with Crippen LogP contribution in [0.2, 0.25) is 0 Å². The van der Waals surface area contributed by atoms with E-state index >= 15 is 0 Å². The van der Waals surface area contributed by atoms with Gasteiger partial charge in [0.05, 0.1) is 0 Å². The van der Waals surface area contributed by atoms with Gasteiger partial charge in [-0.05, 0) is 12.5 Å². The van der Waals surface area contributed by atoms with Crippen LogP contribution in [0.4, 0.5) is 0 Å². The van der Waals surface area contributed by atoms with Crippen molar-refractivity contribution < 1.29 is 14.7 Å². The number of carbonyl (C=O) groups is 2. The van der Waals surface area contributed by atoms with Crippen molar-refractivity contribution in [3.05, 3.63) is 12.2 Å². The lowest BCUT2D eigenvalue weighted by Gasteiger charge is -2.01. The van der Waals surface area contributed by atoms with Crippen molar-refractivity contribution in [3.8, 4) is 0 Å². The minimum Gasteiger partial charge on any atom is -0.478 e. The van der Waals surface area contributed by atoms with Crippen LogP contribution in [0.5, 0.6) is 0 Å². The molecule has 0 aromatic carbocycles. The highest BCUT2D eigenvalue weighted by Crippen LogP contribution is 2.12. The normalized spacial score (nSPS) is 11.1. The molecule has 0 heterocycles. The number of hydrogen-bond acceptors (Lipinski definition) is 3. The molecule has 0 amide bonds. The number of rotatable bonds is 13. The Bertz CT molecular complexity index is 287. The highest BCUT2D eigenvalue weighted by atomic mass is 32.2. The second-order valence-corrected chi connectivity index (χ2v) is 6.12. The lowest BCUT2D eigenvalue weighted by molar-refractivity contribution is -0.131. The van der Waals surface area contributed by atoms with Crippen molar-refractivity contribution in [2.45, 2.75) is 71.1 Å². The van der Waals surface area contributed by atoms with Crippen LogP contribution in [-0.2, 0) is 9.59 Å². The molecule has 0 aliphatic rings. The molecule has 0 spiro atoms. The number of carbonyl (C=O) groups excluding carboxylic acids is 1. The van der Waals surface area contributed by atoms with Crippen molar-refractivity contribution in [2.75, 3.05) is 5.75 Å². The molecule has 0 fully saturated rings. The smallest absolute Gasteiger partial charge is 0.328 e. The summed E-state index contributed by atoms with van der Waals surface area (Å²) in [5.41, 5.74) is 0. The second kappa shape index (κ2) is 14.6. The first-order chi connectivity index (χ1) is 9.66. The van der Waals surface area contributed by atoms with E-state index in [4.69, 9.17) is 5.11 Å². The van der Waals surface area contributed by atoms with E-state index in [1.165, 1.54) is 63.1 Å². The lowest BCUT2D eigenvalue weighted by atomic mass is 10.1. The molecule has 0 aromatic rings. The Kier molecular flexibility index (Phi) is 14.1. The van der Waals surface area contributed by atoms with E-state index in [0.29, 0.717) is 0 Å². The molecule has 0 saturated heterocycles. The molecule has 0 unspecified atom stereocenters. The summed E-state index contributed by atoms with van der Waals surface area (Å²) in [4.78, 5) is 21.4. The maximum atomic E-state index is 11.2. The molecule has 4 heteroatoms. The van der Waals surface area contributed by atoms with Crippen molar-refractivity contribution in [2.24, 2.45) is 0 Å². The monoisotopic (exact) mass is 300 g/mol. The fourth-order valence-electron chi connectivity index (χ4n) is 1.95. The predicted octanol–water partition coefficient (Wildman–Crippen LogP) is 4.81. The Hall–Kier alpha value is -0.770. The van der Waals surface area contributed by atoms with Gasteiger partial charge in [0.2, 0.25) is 5.12 Å². The summed E-state index contributed by atoms with van der Waals surface area (Å²) in [6.45, 7) is 2.24. The van der Waals surface area contributed by atoms with Crippen LogP contribution >= 0.6 is 11.8 Å². The number of unbranched alkanes of at least 4 members (excludes halogenated alkanes) is 9. The average Bonchev–Trinajstić information content (AvgIpc) is 2.42. The second-order valence-electron chi connectivity index (χ2n) is 5.02. The molecule has 0 bridgehead atoms. The van der Waals surface area contributed by atoms with E-state index in [2.05, 4.69) is 6.92 Å². The van der Waals surface area contributed by atoms with Gasteiger partial charge in [0.15, 0.2) is 0 Å². The molecule has 0 radical (unpaired) electrons. The molecule has 0 atom stereocenters. The fourth-order valence-corrected chi connectivity index (χ4v) is 2.66. The highest BCUT2D eigenvalue weighted by molar-refractivity contribution is 8.14. The van der Waals surface area contributed by atoms with Gasteiger partial charge in [-0.25, -0.2) is 4.79 Å². The van der Waals surface area contributed by atoms with Crippen LogP contribution in [0.15, 0.2) is 12.2 Å². The summed E-state index contributed by atoms with van der Waals surface area (Å²) in [5.74, 6) is -0.280. The largest absolute Gasteiger partial charge is 0.478 e. The molecule has 1 N–H and O–H groups in total. The molecule has 0 aliphatic heterocycles. The maximum absolute atomic E-state index is 11.2. The van der Waals surface area contributed by atoms with Gasteiger partial charge in [0.1, 0.15) is 0 Å². The van der Waals surface area contributed by atoms with E-state index < -0.39 is 5.97 Å². The third kappa shape index (κ3) is 15.3. The fraction of sp³-hybridized carbons (Fsp3) is 0.750. The molecule has 116 valence electrons. The lowest BCUT2D eigenvalue weighted by Crippen LogP contribution is -1.92. The third-order valence-corrected chi connectivity index (χ3v) is 4.02. The number of carboxylic acid groups (broad SMARTS) is 1. The van der Waals surface area contributed by atoms with Crippen molar-refractivity contribution >= 4 is 22.8 Å². The zero-order chi connectivity index (χ0) is 15.1. The SMILES string of the molecule is CCCCCCCCCCCCSC(=O)C=CC(=O)O. The molecule has 3 nitrogen and oxygen atoms in total. The Morgan fingerprint density at radius 1 is 0.850 bits per heavy atom. The summed E-state index contributed by atoms with van der Waals surface area (Å²) in [7, 11) is 0. The molecule has 0 saturated carbocycles. The van der Waals surface area contributed by atoms with Gasteiger partial charge in [-0.2, -0.15) is 0 Å².